The number of nitriles is 2. The number of nitrogens with zero attached hydrogens (tertiary/aromatic N) is 4. The van der Waals surface area contributed by atoms with Gasteiger partial charge in [-0.1, -0.05) is 6.08 Å². The third kappa shape index (κ3) is 6.64. The number of carbonyl (C=O) groups excluding carboxylic acids is 2. The quantitative estimate of drug-likeness (QED) is 0.555. The number of aromatic nitrogens is 1. The second-order valence-corrected chi connectivity index (χ2v) is 8.14. The number of amides is 1. The van der Waals surface area contributed by atoms with Crippen LogP contribution in [0.1, 0.15) is 30.2 Å². The van der Waals surface area contributed by atoms with E-state index in [0.717, 1.165) is 6.20 Å². The Hall–Kier alpha value is -4.84. The Morgan fingerprint density at radius 2 is 1.89 bits per heavy atom. The topological polar surface area (TPSA) is 128 Å². The molecule has 2 aromatic rings. The molecule has 3 rings (SSSR count). The molecule has 1 aliphatic heterocycles. The molecule has 0 saturated carbocycles. The van der Waals surface area contributed by atoms with Gasteiger partial charge in [0.2, 0.25) is 5.60 Å². The largest absolute Gasteiger partial charge is 0.489 e. The normalized spacial score (nSPS) is 14.5. The second kappa shape index (κ2) is 10.8. The van der Waals surface area contributed by atoms with Crippen LogP contribution in [0.2, 0.25) is 0 Å². The minimum atomic E-state index is -4.89. The fraction of sp³-hybridized carbons (Fsp3) is 0.240. The number of hydrogen-bond donors (Lipinski definition) is 1. The molecule has 0 bridgehead atoms. The van der Waals surface area contributed by atoms with Crippen LogP contribution in [0.5, 0.6) is 5.75 Å². The maximum atomic E-state index is 13.3. The fourth-order valence-corrected chi connectivity index (χ4v) is 3.18. The van der Waals surface area contributed by atoms with Crippen LogP contribution in [-0.4, -0.2) is 41.0 Å². The van der Waals surface area contributed by atoms with Gasteiger partial charge in [0.1, 0.15) is 18.4 Å². The van der Waals surface area contributed by atoms with Gasteiger partial charge >= 0.3 is 12.1 Å². The van der Waals surface area contributed by atoms with Crippen molar-refractivity contribution in [3.63, 3.8) is 0 Å². The average molecular weight is 511 g/mol. The smallest absolute Gasteiger partial charge is 0.419 e. The van der Waals surface area contributed by atoms with Gasteiger partial charge in [0.15, 0.2) is 5.69 Å². The molecule has 1 amide bonds. The van der Waals surface area contributed by atoms with Crippen molar-refractivity contribution in [1.82, 2.24) is 9.88 Å². The van der Waals surface area contributed by atoms with E-state index in [-0.39, 0.29) is 23.4 Å². The van der Waals surface area contributed by atoms with E-state index in [1.165, 1.54) is 43.5 Å². The Kier molecular flexibility index (Phi) is 7.83. The summed E-state index contributed by atoms with van der Waals surface area (Å²) in [5, 5.41) is 20.1. The number of halogens is 3. The van der Waals surface area contributed by atoms with Gasteiger partial charge in [0.05, 0.1) is 34.7 Å². The summed E-state index contributed by atoms with van der Waals surface area (Å²) in [7, 11) is 1.69. The molecule has 1 aromatic heterocycles. The van der Waals surface area contributed by atoms with E-state index in [0.29, 0.717) is 11.6 Å². The minimum Gasteiger partial charge on any atom is -0.489 e. The molecular formula is C25H20F3N5O4. The third-order valence-corrected chi connectivity index (χ3v) is 5.15. The van der Waals surface area contributed by atoms with Crippen LogP contribution in [0, 0.1) is 22.7 Å². The molecule has 2 heterocycles. The van der Waals surface area contributed by atoms with Gasteiger partial charge in [0, 0.05) is 19.7 Å². The van der Waals surface area contributed by atoms with Crippen molar-refractivity contribution in [2.45, 2.75) is 25.1 Å². The fourth-order valence-electron chi connectivity index (χ4n) is 3.18. The van der Waals surface area contributed by atoms with Crippen LogP contribution in [0.3, 0.4) is 0 Å². The highest BCUT2D eigenvalue weighted by molar-refractivity contribution is 6.00. The van der Waals surface area contributed by atoms with Crippen molar-refractivity contribution in [3.05, 3.63) is 77.4 Å². The maximum absolute atomic E-state index is 13.3. The predicted molar refractivity (Wildman–Crippen MR) is 123 cm³/mol. The van der Waals surface area contributed by atoms with Crippen molar-refractivity contribution in [2.75, 3.05) is 19.0 Å². The van der Waals surface area contributed by atoms with Gasteiger partial charge in [-0.05, 0) is 43.5 Å². The van der Waals surface area contributed by atoms with E-state index in [1.54, 1.807) is 24.2 Å². The Balaban J connectivity index is 1.88. The first-order chi connectivity index (χ1) is 17.4. The second-order valence-electron chi connectivity index (χ2n) is 8.14. The molecule has 1 N–H and O–H groups in total. The number of alkyl halides is 3. The molecule has 0 fully saturated rings. The number of hydrogen-bond acceptors (Lipinski definition) is 8. The van der Waals surface area contributed by atoms with Crippen LogP contribution >= 0.6 is 0 Å². The molecule has 1 aromatic carbocycles. The van der Waals surface area contributed by atoms with Gasteiger partial charge in [-0.25, -0.2) is 9.78 Å². The number of carbonyl (C=O) groups is 2. The molecule has 0 saturated heterocycles. The molecule has 0 aliphatic carbocycles. The van der Waals surface area contributed by atoms with E-state index in [4.69, 9.17) is 20.0 Å². The molecule has 0 radical (unpaired) electrons. The van der Waals surface area contributed by atoms with Gasteiger partial charge < -0.3 is 19.7 Å². The molecule has 0 spiro atoms. The standard InChI is InChI=1S/C25H20F3N5O4/c1-24(15-36-19-7-5-16(11-29)6-8-19,37-22(34)17-4-3-9-33(2)14-17)23(35)32-18-10-20(25(26,27)28)21(12-30)31-13-18/h3,5-10,13-14H,4,15H2,1-2H3,(H,32,35)/t24-/m0/s1. The number of nitrogens with one attached hydrogen (secondary N) is 1. The molecule has 1 atom stereocenters. The summed E-state index contributed by atoms with van der Waals surface area (Å²) in [4.78, 5) is 31.2. The summed E-state index contributed by atoms with van der Waals surface area (Å²) in [5.74, 6) is -1.56. The Labute approximate surface area is 210 Å². The first kappa shape index (κ1) is 26.8. The van der Waals surface area contributed by atoms with Crippen LogP contribution in [0.25, 0.3) is 0 Å². The van der Waals surface area contributed by atoms with E-state index in [1.807, 2.05) is 6.07 Å². The number of ether oxygens (including phenoxy) is 2. The van der Waals surface area contributed by atoms with E-state index in [9.17, 15) is 22.8 Å². The van der Waals surface area contributed by atoms with Crippen LogP contribution in [0.4, 0.5) is 18.9 Å². The molecule has 37 heavy (non-hydrogen) atoms. The summed E-state index contributed by atoms with van der Waals surface area (Å²) in [5.41, 5.74) is -3.95. The zero-order valence-electron chi connectivity index (χ0n) is 19.7. The highest BCUT2D eigenvalue weighted by Crippen LogP contribution is 2.33. The van der Waals surface area contributed by atoms with Crippen molar-refractivity contribution in [3.8, 4) is 17.9 Å². The molecule has 12 heteroatoms. The highest BCUT2D eigenvalue weighted by atomic mass is 19.4. The van der Waals surface area contributed by atoms with Gasteiger partial charge in [-0.3, -0.25) is 4.79 Å². The van der Waals surface area contributed by atoms with E-state index < -0.39 is 41.5 Å². The van der Waals surface area contributed by atoms with Crippen molar-refractivity contribution in [1.29, 1.82) is 10.5 Å². The van der Waals surface area contributed by atoms with Crippen molar-refractivity contribution in [2.24, 2.45) is 0 Å². The molecule has 9 nitrogen and oxygen atoms in total. The Bertz CT molecular complexity index is 1340. The molecule has 1 aliphatic rings. The van der Waals surface area contributed by atoms with Gasteiger partial charge in [-0.15, -0.1) is 0 Å². The van der Waals surface area contributed by atoms with E-state index >= 15 is 0 Å². The summed E-state index contributed by atoms with van der Waals surface area (Å²) < 4.78 is 51.1. The first-order valence-corrected chi connectivity index (χ1v) is 10.7. The summed E-state index contributed by atoms with van der Waals surface area (Å²) in [6.07, 6.45) is 1.20. The lowest BCUT2D eigenvalue weighted by Crippen LogP contribution is -2.49. The lowest BCUT2D eigenvalue weighted by atomic mass is 10.1. The van der Waals surface area contributed by atoms with Crippen LogP contribution < -0.4 is 10.1 Å². The van der Waals surface area contributed by atoms with Crippen LogP contribution in [-0.2, 0) is 20.5 Å². The number of allylic oxidation sites excluding steroid dienone is 1. The average Bonchev–Trinajstić information content (AvgIpc) is 2.87. The first-order valence-electron chi connectivity index (χ1n) is 10.7. The summed E-state index contributed by atoms with van der Waals surface area (Å²) in [6, 6.07) is 9.78. The zero-order chi connectivity index (χ0) is 27.2. The monoisotopic (exact) mass is 511 g/mol. The van der Waals surface area contributed by atoms with Crippen molar-refractivity contribution < 1.29 is 32.2 Å². The number of esters is 1. The minimum absolute atomic E-state index is 0.238. The number of anilines is 1. The molecule has 0 unspecified atom stereocenters. The maximum Gasteiger partial charge on any atom is 0.419 e. The number of pyridine rings is 1. The lowest BCUT2D eigenvalue weighted by Gasteiger charge is -2.29. The Morgan fingerprint density at radius 3 is 2.49 bits per heavy atom. The summed E-state index contributed by atoms with van der Waals surface area (Å²) >= 11 is 0. The predicted octanol–water partition coefficient (Wildman–Crippen LogP) is 3.90. The Morgan fingerprint density at radius 1 is 1.19 bits per heavy atom. The van der Waals surface area contributed by atoms with Crippen molar-refractivity contribution >= 4 is 17.6 Å². The number of benzene rings is 1. The summed E-state index contributed by atoms with van der Waals surface area (Å²) in [6.45, 7) is 0.736. The zero-order valence-corrected chi connectivity index (χ0v) is 19.7. The molecular weight excluding hydrogens is 491 g/mol. The molecule has 190 valence electrons. The van der Waals surface area contributed by atoms with Gasteiger partial charge in [-0.2, -0.15) is 23.7 Å². The number of rotatable bonds is 7. The van der Waals surface area contributed by atoms with E-state index in [2.05, 4.69) is 10.3 Å². The highest BCUT2D eigenvalue weighted by Gasteiger charge is 2.41. The third-order valence-electron chi connectivity index (χ3n) is 5.15. The lowest BCUT2D eigenvalue weighted by molar-refractivity contribution is -0.164. The van der Waals surface area contributed by atoms with Gasteiger partial charge in [0.25, 0.3) is 5.91 Å². The SMILES string of the molecule is CN1C=CCC(C(=O)O[C@@](C)(COc2ccc(C#N)cc2)C(=O)Nc2cnc(C#N)c(C(F)(F)F)c2)=C1. The van der Waals surface area contributed by atoms with Crippen LogP contribution in [0.15, 0.2) is 60.6 Å².